The normalized spacial score (nSPS) is 22.8. The lowest BCUT2D eigenvalue weighted by Gasteiger charge is -2.27. The monoisotopic (exact) mass is 230 g/mol. The van der Waals surface area contributed by atoms with Crippen LogP contribution in [0.25, 0.3) is 10.9 Å². The van der Waals surface area contributed by atoms with Crippen molar-refractivity contribution in [1.29, 1.82) is 0 Å². The van der Waals surface area contributed by atoms with E-state index in [9.17, 15) is 0 Å². The van der Waals surface area contributed by atoms with Gasteiger partial charge in [-0.15, -0.1) is 0 Å². The number of H-pyrrole nitrogens is 1. The summed E-state index contributed by atoms with van der Waals surface area (Å²) in [7, 11) is 0. The molecule has 90 valence electrons. The Morgan fingerprint density at radius 3 is 3.06 bits per heavy atom. The smallest absolute Gasteiger partial charge is 0.0512 e. The molecular formula is C14H18N2O. The lowest BCUT2D eigenvalue weighted by atomic mass is 9.89. The van der Waals surface area contributed by atoms with Crippen LogP contribution in [0.3, 0.4) is 0 Å². The van der Waals surface area contributed by atoms with Gasteiger partial charge in [-0.05, 0) is 24.5 Å². The molecule has 3 rings (SSSR count). The van der Waals surface area contributed by atoms with Gasteiger partial charge in [-0.3, -0.25) is 0 Å². The lowest BCUT2D eigenvalue weighted by Crippen LogP contribution is -2.28. The molecule has 0 saturated carbocycles. The largest absolute Gasteiger partial charge is 0.381 e. The average Bonchev–Trinajstić information content (AvgIpc) is 2.83. The molecule has 2 heterocycles. The molecule has 0 bridgehead atoms. The summed E-state index contributed by atoms with van der Waals surface area (Å²) in [6.45, 7) is 1.68. The number of hydrogen-bond acceptors (Lipinski definition) is 2. The van der Waals surface area contributed by atoms with Gasteiger partial charge in [-0.1, -0.05) is 18.2 Å². The molecule has 2 unspecified atom stereocenters. The van der Waals surface area contributed by atoms with Gasteiger partial charge in [-0.25, -0.2) is 0 Å². The van der Waals surface area contributed by atoms with E-state index in [1.165, 1.54) is 17.4 Å². The first-order valence-corrected chi connectivity index (χ1v) is 6.25. The van der Waals surface area contributed by atoms with Gasteiger partial charge in [0.15, 0.2) is 0 Å². The van der Waals surface area contributed by atoms with Crippen molar-refractivity contribution >= 4 is 10.9 Å². The molecule has 1 saturated heterocycles. The summed E-state index contributed by atoms with van der Waals surface area (Å²) in [5.41, 5.74) is 8.76. The highest BCUT2D eigenvalue weighted by Gasteiger charge is 2.24. The van der Waals surface area contributed by atoms with Gasteiger partial charge in [-0.2, -0.15) is 0 Å². The Kier molecular flexibility index (Phi) is 2.87. The van der Waals surface area contributed by atoms with Crippen LogP contribution < -0.4 is 5.73 Å². The zero-order valence-electron chi connectivity index (χ0n) is 9.86. The van der Waals surface area contributed by atoms with Crippen molar-refractivity contribution in [2.24, 2.45) is 11.7 Å². The van der Waals surface area contributed by atoms with E-state index >= 15 is 0 Å². The van der Waals surface area contributed by atoms with E-state index in [2.05, 4.69) is 23.2 Å². The molecule has 0 radical (unpaired) electrons. The fourth-order valence-electron chi connectivity index (χ4n) is 2.67. The first kappa shape index (κ1) is 10.8. The van der Waals surface area contributed by atoms with Crippen LogP contribution >= 0.6 is 0 Å². The van der Waals surface area contributed by atoms with Crippen LogP contribution in [0.15, 0.2) is 30.5 Å². The minimum Gasteiger partial charge on any atom is -0.381 e. The highest BCUT2D eigenvalue weighted by atomic mass is 16.5. The lowest BCUT2D eigenvalue weighted by molar-refractivity contribution is 0.0449. The van der Waals surface area contributed by atoms with Crippen LogP contribution in [0, 0.1) is 5.92 Å². The number of nitrogens with two attached hydrogens (primary N) is 1. The van der Waals surface area contributed by atoms with Crippen LogP contribution in [0.2, 0.25) is 0 Å². The molecule has 2 aromatic rings. The summed E-state index contributed by atoms with van der Waals surface area (Å²) in [6, 6.07) is 8.39. The highest BCUT2D eigenvalue weighted by Crippen LogP contribution is 2.31. The molecule has 3 heteroatoms. The zero-order valence-corrected chi connectivity index (χ0v) is 9.86. The maximum atomic E-state index is 6.38. The minimum absolute atomic E-state index is 0.0754. The fraction of sp³-hybridized carbons (Fsp3) is 0.429. The van der Waals surface area contributed by atoms with Crippen LogP contribution in [-0.2, 0) is 4.74 Å². The Balaban J connectivity index is 1.92. The van der Waals surface area contributed by atoms with Crippen molar-refractivity contribution in [2.75, 3.05) is 13.2 Å². The molecule has 1 aliphatic heterocycles. The number of para-hydroxylation sites is 1. The highest BCUT2D eigenvalue weighted by molar-refractivity contribution is 5.83. The maximum Gasteiger partial charge on any atom is 0.0512 e. The van der Waals surface area contributed by atoms with Crippen molar-refractivity contribution in [3.63, 3.8) is 0 Å². The molecule has 1 aromatic heterocycles. The third-order valence-corrected chi connectivity index (χ3v) is 3.68. The van der Waals surface area contributed by atoms with Crippen molar-refractivity contribution in [1.82, 2.24) is 4.98 Å². The third-order valence-electron chi connectivity index (χ3n) is 3.68. The van der Waals surface area contributed by atoms with E-state index < -0.39 is 0 Å². The van der Waals surface area contributed by atoms with Crippen LogP contribution in [0.4, 0.5) is 0 Å². The SMILES string of the molecule is NC(c1c[nH]c2ccccc12)C1CCCOC1. The molecular weight excluding hydrogens is 212 g/mol. The van der Waals surface area contributed by atoms with E-state index in [0.29, 0.717) is 5.92 Å². The first-order valence-electron chi connectivity index (χ1n) is 6.25. The van der Waals surface area contributed by atoms with Crippen molar-refractivity contribution in [2.45, 2.75) is 18.9 Å². The first-order chi connectivity index (χ1) is 8.36. The third kappa shape index (κ3) is 1.96. The Hall–Kier alpha value is -1.32. The van der Waals surface area contributed by atoms with Gasteiger partial charge in [0, 0.05) is 35.7 Å². The number of aromatic amines is 1. The Bertz CT molecular complexity index is 500. The molecule has 1 aliphatic rings. The maximum absolute atomic E-state index is 6.38. The van der Waals surface area contributed by atoms with Gasteiger partial charge >= 0.3 is 0 Å². The molecule has 3 N–H and O–H groups in total. The number of benzene rings is 1. The van der Waals surface area contributed by atoms with Crippen LogP contribution in [0.5, 0.6) is 0 Å². The predicted molar refractivity (Wildman–Crippen MR) is 68.8 cm³/mol. The number of hydrogen-bond donors (Lipinski definition) is 2. The Morgan fingerprint density at radius 1 is 1.35 bits per heavy atom. The van der Waals surface area contributed by atoms with Gasteiger partial charge in [0.05, 0.1) is 6.61 Å². The van der Waals surface area contributed by atoms with Gasteiger partial charge in [0.25, 0.3) is 0 Å². The molecule has 0 aliphatic carbocycles. The van der Waals surface area contributed by atoms with E-state index in [4.69, 9.17) is 10.5 Å². The standard InChI is InChI=1S/C14H18N2O/c15-14(10-4-3-7-17-9-10)12-8-16-13-6-2-1-5-11(12)13/h1-2,5-6,8,10,14,16H,3-4,7,9,15H2. The predicted octanol–water partition coefficient (Wildman–Crippen LogP) is 2.59. The quantitative estimate of drug-likeness (QED) is 0.833. The van der Waals surface area contributed by atoms with Crippen LogP contribution in [0.1, 0.15) is 24.4 Å². The molecule has 0 amide bonds. The molecule has 1 aromatic carbocycles. The average molecular weight is 230 g/mol. The summed E-state index contributed by atoms with van der Waals surface area (Å²) in [5, 5.41) is 1.24. The topological polar surface area (TPSA) is 51.0 Å². The Morgan fingerprint density at radius 2 is 2.24 bits per heavy atom. The summed E-state index contributed by atoms with van der Waals surface area (Å²) < 4.78 is 5.52. The van der Waals surface area contributed by atoms with Gasteiger partial charge in [0.2, 0.25) is 0 Å². The van der Waals surface area contributed by atoms with Crippen LogP contribution in [-0.4, -0.2) is 18.2 Å². The second-order valence-corrected chi connectivity index (χ2v) is 4.79. The summed E-state index contributed by atoms with van der Waals surface area (Å²) in [6.07, 6.45) is 4.34. The number of rotatable bonds is 2. The fourth-order valence-corrected chi connectivity index (χ4v) is 2.67. The number of nitrogens with one attached hydrogen (secondary N) is 1. The second kappa shape index (κ2) is 4.51. The molecule has 17 heavy (non-hydrogen) atoms. The molecule has 2 atom stereocenters. The summed E-state index contributed by atoms with van der Waals surface area (Å²) >= 11 is 0. The molecule has 1 fully saturated rings. The van der Waals surface area contributed by atoms with E-state index in [0.717, 1.165) is 25.2 Å². The van der Waals surface area contributed by atoms with Gasteiger partial charge in [0.1, 0.15) is 0 Å². The van der Waals surface area contributed by atoms with Crippen molar-refractivity contribution < 1.29 is 4.74 Å². The minimum atomic E-state index is 0.0754. The number of aromatic nitrogens is 1. The molecule has 0 spiro atoms. The number of fused-ring (bicyclic) bond motifs is 1. The zero-order chi connectivity index (χ0) is 11.7. The van der Waals surface area contributed by atoms with Crippen molar-refractivity contribution in [3.8, 4) is 0 Å². The Labute approximate surface area is 101 Å². The second-order valence-electron chi connectivity index (χ2n) is 4.79. The summed E-state index contributed by atoms with van der Waals surface area (Å²) in [5.74, 6) is 0.447. The van der Waals surface area contributed by atoms with E-state index in [1.807, 2.05) is 12.3 Å². The van der Waals surface area contributed by atoms with E-state index in [1.54, 1.807) is 0 Å². The summed E-state index contributed by atoms with van der Waals surface area (Å²) in [4.78, 5) is 3.29. The van der Waals surface area contributed by atoms with E-state index in [-0.39, 0.29) is 6.04 Å². The van der Waals surface area contributed by atoms with Crippen molar-refractivity contribution in [3.05, 3.63) is 36.0 Å². The number of ether oxygens (including phenoxy) is 1. The van der Waals surface area contributed by atoms with Gasteiger partial charge < -0.3 is 15.5 Å². The molecule has 3 nitrogen and oxygen atoms in total.